The fourth-order valence-corrected chi connectivity index (χ4v) is 3.00. The van der Waals surface area contributed by atoms with Gasteiger partial charge in [-0.2, -0.15) is 0 Å². The lowest BCUT2D eigenvalue weighted by Gasteiger charge is -2.02. The number of nitro benzene ring substituents is 1. The van der Waals surface area contributed by atoms with Crippen molar-refractivity contribution < 1.29 is 9.72 Å². The van der Waals surface area contributed by atoms with Crippen LogP contribution in [-0.2, 0) is 0 Å². The third-order valence-electron chi connectivity index (χ3n) is 3.14. The summed E-state index contributed by atoms with van der Waals surface area (Å²) in [6.07, 6.45) is 0. The second-order valence-corrected chi connectivity index (χ2v) is 6.62. The Morgan fingerprint density at radius 3 is 2.52 bits per heavy atom. The summed E-state index contributed by atoms with van der Waals surface area (Å²) in [5, 5.41) is 22.8. The molecule has 3 aromatic rings. The first-order chi connectivity index (χ1) is 11.9. The fourth-order valence-electron chi connectivity index (χ4n) is 1.95. The Bertz CT molecular complexity index is 960. The molecule has 3 rings (SSSR count). The highest BCUT2D eigenvalue weighted by Crippen LogP contribution is 2.28. The fraction of sp³-hybridized carbons (Fsp3) is 0. The van der Waals surface area contributed by atoms with Crippen molar-refractivity contribution in [1.82, 2.24) is 10.2 Å². The average molecular weight is 395 g/mol. The van der Waals surface area contributed by atoms with Crippen molar-refractivity contribution in [2.75, 3.05) is 5.32 Å². The van der Waals surface area contributed by atoms with Crippen molar-refractivity contribution in [3.63, 3.8) is 0 Å². The van der Waals surface area contributed by atoms with Gasteiger partial charge in [0.25, 0.3) is 11.6 Å². The van der Waals surface area contributed by atoms with E-state index in [-0.39, 0.29) is 21.4 Å². The Morgan fingerprint density at radius 2 is 1.84 bits per heavy atom. The third-order valence-corrected chi connectivity index (χ3v) is 4.60. The molecular weight excluding hydrogens is 387 g/mol. The van der Waals surface area contributed by atoms with Crippen LogP contribution >= 0.6 is 34.5 Å². The van der Waals surface area contributed by atoms with Gasteiger partial charge in [0.15, 0.2) is 0 Å². The second-order valence-electron chi connectivity index (χ2n) is 4.80. The number of halogens is 2. The number of hydrogen-bond donors (Lipinski definition) is 1. The summed E-state index contributed by atoms with van der Waals surface area (Å²) in [6.45, 7) is 0. The molecule has 7 nitrogen and oxygen atoms in total. The van der Waals surface area contributed by atoms with Crippen LogP contribution in [0.2, 0.25) is 10.0 Å². The van der Waals surface area contributed by atoms with Crippen LogP contribution in [0, 0.1) is 10.1 Å². The summed E-state index contributed by atoms with van der Waals surface area (Å²) >= 11 is 12.7. The normalized spacial score (nSPS) is 10.5. The Kier molecular flexibility index (Phi) is 4.93. The molecule has 0 aliphatic carbocycles. The van der Waals surface area contributed by atoms with Gasteiger partial charge < -0.3 is 0 Å². The molecule has 0 unspecified atom stereocenters. The first-order valence-corrected chi connectivity index (χ1v) is 8.36. The molecule has 2 aromatic carbocycles. The largest absolute Gasteiger partial charge is 0.296 e. The van der Waals surface area contributed by atoms with Crippen LogP contribution < -0.4 is 5.32 Å². The van der Waals surface area contributed by atoms with Gasteiger partial charge in [-0.05, 0) is 24.3 Å². The van der Waals surface area contributed by atoms with Gasteiger partial charge >= 0.3 is 0 Å². The maximum atomic E-state index is 12.2. The molecule has 0 atom stereocenters. The monoisotopic (exact) mass is 394 g/mol. The number of amides is 1. The predicted molar refractivity (Wildman–Crippen MR) is 96.4 cm³/mol. The third kappa shape index (κ3) is 3.93. The molecule has 0 fully saturated rings. The molecule has 0 spiro atoms. The molecule has 0 aliphatic rings. The van der Waals surface area contributed by atoms with Crippen LogP contribution in [0.1, 0.15) is 10.4 Å². The minimum absolute atomic E-state index is 0.0394. The molecule has 1 amide bonds. The number of anilines is 1. The maximum absolute atomic E-state index is 12.2. The lowest BCUT2D eigenvalue weighted by Crippen LogP contribution is -2.12. The van der Waals surface area contributed by atoms with Gasteiger partial charge in [-0.1, -0.05) is 46.7 Å². The molecule has 1 heterocycles. The number of hydrogen-bond acceptors (Lipinski definition) is 6. The zero-order valence-corrected chi connectivity index (χ0v) is 14.6. The highest BCUT2D eigenvalue weighted by Gasteiger charge is 2.17. The molecule has 1 N–H and O–H groups in total. The first kappa shape index (κ1) is 17.3. The summed E-state index contributed by atoms with van der Waals surface area (Å²) in [5.74, 6) is -0.543. The number of aromatic nitrogens is 2. The molecule has 126 valence electrons. The first-order valence-electron chi connectivity index (χ1n) is 6.79. The van der Waals surface area contributed by atoms with Gasteiger partial charge in [0.05, 0.1) is 4.92 Å². The number of nitrogens with one attached hydrogen (secondary N) is 1. The molecule has 0 bridgehead atoms. The minimum Gasteiger partial charge on any atom is -0.296 e. The van der Waals surface area contributed by atoms with Crippen molar-refractivity contribution >= 4 is 51.3 Å². The number of carbonyl (C=O) groups is 1. The molecular formula is C15H8Cl2N4O3S. The van der Waals surface area contributed by atoms with E-state index < -0.39 is 10.8 Å². The summed E-state index contributed by atoms with van der Waals surface area (Å²) in [7, 11) is 0. The lowest BCUT2D eigenvalue weighted by molar-refractivity contribution is -0.384. The summed E-state index contributed by atoms with van der Waals surface area (Å²) in [4.78, 5) is 22.5. The predicted octanol–water partition coefficient (Wildman–Crippen LogP) is 4.67. The van der Waals surface area contributed by atoms with Gasteiger partial charge in [0.2, 0.25) is 5.13 Å². The van der Waals surface area contributed by atoms with E-state index in [4.69, 9.17) is 23.2 Å². The molecule has 0 aliphatic heterocycles. The molecule has 1 aromatic heterocycles. The van der Waals surface area contributed by atoms with Crippen LogP contribution in [0.5, 0.6) is 0 Å². The number of benzene rings is 2. The van der Waals surface area contributed by atoms with E-state index in [1.165, 1.54) is 23.5 Å². The van der Waals surface area contributed by atoms with Crippen LogP contribution in [0.15, 0.2) is 42.5 Å². The number of nitro groups is 1. The zero-order valence-electron chi connectivity index (χ0n) is 12.3. The lowest BCUT2D eigenvalue weighted by atomic mass is 10.2. The minimum atomic E-state index is -0.650. The van der Waals surface area contributed by atoms with Crippen LogP contribution in [0.25, 0.3) is 10.6 Å². The van der Waals surface area contributed by atoms with Gasteiger partial charge in [0, 0.05) is 22.2 Å². The Balaban J connectivity index is 1.79. The van der Waals surface area contributed by atoms with Crippen molar-refractivity contribution in [3.05, 3.63) is 68.2 Å². The van der Waals surface area contributed by atoms with Crippen molar-refractivity contribution in [2.24, 2.45) is 0 Å². The van der Waals surface area contributed by atoms with Crippen LogP contribution in [-0.4, -0.2) is 21.0 Å². The van der Waals surface area contributed by atoms with Crippen molar-refractivity contribution in [3.8, 4) is 10.6 Å². The Labute approximate surface area is 155 Å². The molecule has 0 saturated carbocycles. The van der Waals surface area contributed by atoms with Crippen LogP contribution in [0.4, 0.5) is 10.8 Å². The molecule has 0 radical (unpaired) electrons. The Morgan fingerprint density at radius 1 is 1.12 bits per heavy atom. The number of rotatable bonds is 4. The Hall–Kier alpha value is -2.55. The van der Waals surface area contributed by atoms with Gasteiger partial charge in [-0.25, -0.2) is 0 Å². The average Bonchev–Trinajstić information content (AvgIpc) is 3.04. The highest BCUT2D eigenvalue weighted by atomic mass is 35.5. The van der Waals surface area contributed by atoms with Gasteiger partial charge in [-0.15, -0.1) is 10.2 Å². The van der Waals surface area contributed by atoms with E-state index >= 15 is 0 Å². The molecule has 25 heavy (non-hydrogen) atoms. The smallest absolute Gasteiger partial charge is 0.288 e. The molecule has 10 heteroatoms. The number of nitrogens with zero attached hydrogens (tertiary/aromatic N) is 3. The van der Waals surface area contributed by atoms with Crippen molar-refractivity contribution in [2.45, 2.75) is 0 Å². The van der Waals surface area contributed by atoms with E-state index in [2.05, 4.69) is 15.5 Å². The van der Waals surface area contributed by atoms with Crippen LogP contribution in [0.3, 0.4) is 0 Å². The summed E-state index contributed by atoms with van der Waals surface area (Å²) < 4.78 is 0. The van der Waals surface area contributed by atoms with E-state index in [9.17, 15) is 14.9 Å². The van der Waals surface area contributed by atoms with E-state index in [1.807, 2.05) is 0 Å². The van der Waals surface area contributed by atoms with E-state index in [1.54, 1.807) is 24.3 Å². The topological polar surface area (TPSA) is 98.0 Å². The second kappa shape index (κ2) is 7.14. The SMILES string of the molecule is O=C(Nc1nnc(-c2ccc(Cl)cc2)s1)c1ccc(Cl)c([N+](=O)[O-])c1. The standard InChI is InChI=1S/C15H8Cl2N4O3S/c16-10-4-1-8(2-5-10)14-19-20-15(25-14)18-13(22)9-3-6-11(17)12(7-9)21(23)24/h1-7H,(H,18,20,22). The summed E-state index contributed by atoms with van der Waals surface area (Å²) in [5.41, 5.74) is 0.567. The van der Waals surface area contributed by atoms with Gasteiger partial charge in [0.1, 0.15) is 10.0 Å². The van der Waals surface area contributed by atoms with Crippen molar-refractivity contribution in [1.29, 1.82) is 0 Å². The van der Waals surface area contributed by atoms with E-state index in [0.717, 1.165) is 11.6 Å². The number of carbonyl (C=O) groups excluding carboxylic acids is 1. The maximum Gasteiger partial charge on any atom is 0.288 e. The summed E-state index contributed by atoms with van der Waals surface area (Å²) in [6, 6.07) is 10.8. The molecule has 0 saturated heterocycles. The van der Waals surface area contributed by atoms with E-state index in [0.29, 0.717) is 10.0 Å². The quantitative estimate of drug-likeness (QED) is 0.511. The zero-order chi connectivity index (χ0) is 18.0. The van der Waals surface area contributed by atoms with Gasteiger partial charge in [-0.3, -0.25) is 20.2 Å². The highest BCUT2D eigenvalue weighted by molar-refractivity contribution is 7.18.